The molecule has 108 valence electrons. The van der Waals surface area contributed by atoms with Crippen LogP contribution in [0.4, 0.5) is 0 Å². The van der Waals surface area contributed by atoms with Gasteiger partial charge in [-0.3, -0.25) is 0 Å². The van der Waals surface area contributed by atoms with Crippen LogP contribution in [0.15, 0.2) is 24.4 Å². The van der Waals surface area contributed by atoms with Crippen molar-refractivity contribution in [2.24, 2.45) is 0 Å². The van der Waals surface area contributed by atoms with Gasteiger partial charge in [0.25, 0.3) is 0 Å². The first-order chi connectivity index (χ1) is 9.65. The lowest BCUT2D eigenvalue weighted by atomic mass is 9.98. The largest absolute Gasteiger partial charge is 0.390 e. The maximum absolute atomic E-state index is 10.4. The van der Waals surface area contributed by atoms with Gasteiger partial charge in [-0.25, -0.2) is 4.98 Å². The fraction of sp³-hybridized carbons (Fsp3) is 0.562. The lowest BCUT2D eigenvalue weighted by molar-refractivity contribution is 0.0296. The fourth-order valence-corrected chi connectivity index (χ4v) is 3.10. The number of fused-ring (bicyclic) bond motifs is 1. The molecule has 0 radical (unpaired) electrons. The van der Waals surface area contributed by atoms with Crippen molar-refractivity contribution >= 4 is 11.0 Å². The molecule has 0 aliphatic heterocycles. The molecule has 0 aromatic carbocycles. The molecule has 0 atom stereocenters. The molecule has 0 spiro atoms. The van der Waals surface area contributed by atoms with Gasteiger partial charge in [0, 0.05) is 24.7 Å². The monoisotopic (exact) mass is 273 g/mol. The predicted molar refractivity (Wildman–Crippen MR) is 80.5 cm³/mol. The minimum atomic E-state index is -0.412. The number of aromatic nitrogens is 2. The number of aromatic amines is 1. The molecule has 2 aromatic heterocycles. The molecule has 4 heteroatoms. The zero-order valence-electron chi connectivity index (χ0n) is 12.1. The van der Waals surface area contributed by atoms with E-state index >= 15 is 0 Å². The Labute approximate surface area is 119 Å². The van der Waals surface area contributed by atoms with Gasteiger partial charge in [-0.2, -0.15) is 0 Å². The predicted octanol–water partition coefficient (Wildman–Crippen LogP) is 2.69. The van der Waals surface area contributed by atoms with Crippen LogP contribution in [0, 0.1) is 0 Å². The van der Waals surface area contributed by atoms with Gasteiger partial charge < -0.3 is 15.0 Å². The van der Waals surface area contributed by atoms with Crippen LogP contribution in [0.3, 0.4) is 0 Å². The third-order valence-corrected chi connectivity index (χ3v) is 4.39. The maximum Gasteiger partial charge on any atom is 0.137 e. The summed E-state index contributed by atoms with van der Waals surface area (Å²) in [5.74, 6) is 0. The zero-order chi connectivity index (χ0) is 14.0. The Bertz CT molecular complexity index is 572. The first-order valence-electron chi connectivity index (χ1n) is 7.49. The minimum Gasteiger partial charge on any atom is -0.390 e. The second kappa shape index (κ2) is 5.54. The van der Waals surface area contributed by atoms with Crippen molar-refractivity contribution < 1.29 is 5.11 Å². The normalized spacial score (nSPS) is 18.1. The molecule has 1 aliphatic rings. The summed E-state index contributed by atoms with van der Waals surface area (Å²) in [5.41, 5.74) is 1.61. The van der Waals surface area contributed by atoms with E-state index in [1.807, 2.05) is 12.3 Å². The van der Waals surface area contributed by atoms with E-state index in [0.29, 0.717) is 0 Å². The number of H-pyrrole nitrogens is 1. The van der Waals surface area contributed by atoms with Crippen LogP contribution in [0.25, 0.3) is 11.0 Å². The SMILES string of the molecule is CN(CCC1(O)CCCC1)Cc1ccc2cc[nH]c2n1. The van der Waals surface area contributed by atoms with Crippen molar-refractivity contribution in [3.05, 3.63) is 30.1 Å². The van der Waals surface area contributed by atoms with E-state index < -0.39 is 5.60 Å². The van der Waals surface area contributed by atoms with E-state index in [4.69, 9.17) is 0 Å². The zero-order valence-corrected chi connectivity index (χ0v) is 12.1. The molecule has 0 unspecified atom stereocenters. The van der Waals surface area contributed by atoms with Crippen molar-refractivity contribution in [1.82, 2.24) is 14.9 Å². The Morgan fingerprint density at radius 1 is 1.30 bits per heavy atom. The van der Waals surface area contributed by atoms with Crippen molar-refractivity contribution in [3.63, 3.8) is 0 Å². The van der Waals surface area contributed by atoms with Gasteiger partial charge in [-0.15, -0.1) is 0 Å². The van der Waals surface area contributed by atoms with Gasteiger partial charge in [0.1, 0.15) is 5.65 Å². The molecule has 4 nitrogen and oxygen atoms in total. The molecule has 3 rings (SSSR count). The summed E-state index contributed by atoms with van der Waals surface area (Å²) in [5, 5.41) is 11.5. The van der Waals surface area contributed by atoms with Crippen molar-refractivity contribution in [2.45, 2.75) is 44.2 Å². The third-order valence-electron chi connectivity index (χ3n) is 4.39. The molecule has 0 saturated heterocycles. The van der Waals surface area contributed by atoms with Gasteiger partial charge >= 0.3 is 0 Å². The molecule has 20 heavy (non-hydrogen) atoms. The van der Waals surface area contributed by atoms with Crippen molar-refractivity contribution in [2.75, 3.05) is 13.6 Å². The molecule has 2 N–H and O–H groups in total. The standard InChI is InChI=1S/C16H23N3O/c1-19(11-9-16(20)7-2-3-8-16)12-14-5-4-13-6-10-17-15(13)18-14/h4-6,10,20H,2-3,7-9,11-12H2,1H3,(H,17,18). The summed E-state index contributed by atoms with van der Waals surface area (Å²) in [6, 6.07) is 6.22. The highest BCUT2D eigenvalue weighted by Crippen LogP contribution is 2.32. The lowest BCUT2D eigenvalue weighted by Crippen LogP contribution is -2.31. The summed E-state index contributed by atoms with van der Waals surface area (Å²) >= 11 is 0. The smallest absolute Gasteiger partial charge is 0.137 e. The molecule has 1 aliphatic carbocycles. The topological polar surface area (TPSA) is 52.1 Å². The van der Waals surface area contributed by atoms with Gasteiger partial charge in [0.2, 0.25) is 0 Å². The molecule has 1 fully saturated rings. The fourth-order valence-electron chi connectivity index (χ4n) is 3.10. The van der Waals surface area contributed by atoms with E-state index in [1.54, 1.807) is 0 Å². The Hall–Kier alpha value is -1.39. The molecule has 2 aromatic rings. The van der Waals surface area contributed by atoms with Crippen LogP contribution >= 0.6 is 0 Å². The van der Waals surface area contributed by atoms with Crippen LogP contribution in [0.1, 0.15) is 37.8 Å². The number of hydrogen-bond donors (Lipinski definition) is 2. The average molecular weight is 273 g/mol. The number of hydrogen-bond acceptors (Lipinski definition) is 3. The average Bonchev–Trinajstić information content (AvgIpc) is 3.05. The molecular weight excluding hydrogens is 250 g/mol. The quantitative estimate of drug-likeness (QED) is 0.880. The van der Waals surface area contributed by atoms with Gasteiger partial charge in [-0.1, -0.05) is 12.8 Å². The summed E-state index contributed by atoms with van der Waals surface area (Å²) in [7, 11) is 2.10. The number of rotatable bonds is 5. The van der Waals surface area contributed by atoms with Crippen molar-refractivity contribution in [3.8, 4) is 0 Å². The Kier molecular flexibility index (Phi) is 3.76. The number of nitrogens with zero attached hydrogens (tertiary/aromatic N) is 2. The number of aliphatic hydroxyl groups is 1. The molecule has 1 saturated carbocycles. The Morgan fingerprint density at radius 3 is 2.90 bits per heavy atom. The summed E-state index contributed by atoms with van der Waals surface area (Å²) in [6.07, 6.45) is 7.06. The van der Waals surface area contributed by atoms with Gasteiger partial charge in [-0.05, 0) is 44.5 Å². The Balaban J connectivity index is 1.56. The van der Waals surface area contributed by atoms with Gasteiger partial charge in [0.15, 0.2) is 0 Å². The number of pyridine rings is 1. The highest BCUT2D eigenvalue weighted by atomic mass is 16.3. The highest BCUT2D eigenvalue weighted by molar-refractivity contribution is 5.75. The second-order valence-electron chi connectivity index (χ2n) is 6.14. The highest BCUT2D eigenvalue weighted by Gasteiger charge is 2.30. The van der Waals surface area contributed by atoms with Crippen LogP contribution < -0.4 is 0 Å². The Morgan fingerprint density at radius 2 is 2.10 bits per heavy atom. The summed E-state index contributed by atoms with van der Waals surface area (Å²) in [6.45, 7) is 1.74. The summed E-state index contributed by atoms with van der Waals surface area (Å²) in [4.78, 5) is 10.0. The van der Waals surface area contributed by atoms with Crippen LogP contribution in [-0.4, -0.2) is 39.2 Å². The first-order valence-corrected chi connectivity index (χ1v) is 7.49. The number of nitrogens with one attached hydrogen (secondary N) is 1. The minimum absolute atomic E-state index is 0.412. The van der Waals surface area contributed by atoms with Crippen LogP contribution in [-0.2, 0) is 6.54 Å². The third kappa shape index (κ3) is 3.02. The van der Waals surface area contributed by atoms with Crippen molar-refractivity contribution in [1.29, 1.82) is 0 Å². The molecule has 0 amide bonds. The summed E-state index contributed by atoms with van der Waals surface area (Å²) < 4.78 is 0. The van der Waals surface area contributed by atoms with E-state index in [1.165, 1.54) is 12.8 Å². The lowest BCUT2D eigenvalue weighted by Gasteiger charge is -2.25. The molecule has 0 bridgehead atoms. The first kappa shape index (κ1) is 13.6. The van der Waals surface area contributed by atoms with Crippen LogP contribution in [0.2, 0.25) is 0 Å². The molecule has 2 heterocycles. The van der Waals surface area contributed by atoms with Crippen LogP contribution in [0.5, 0.6) is 0 Å². The maximum atomic E-state index is 10.4. The molecular formula is C16H23N3O. The van der Waals surface area contributed by atoms with E-state index in [0.717, 1.165) is 49.1 Å². The van der Waals surface area contributed by atoms with Gasteiger partial charge in [0.05, 0.1) is 11.3 Å². The van der Waals surface area contributed by atoms with E-state index in [9.17, 15) is 5.11 Å². The second-order valence-corrected chi connectivity index (χ2v) is 6.14. The van der Waals surface area contributed by atoms with E-state index in [-0.39, 0.29) is 0 Å². The van der Waals surface area contributed by atoms with E-state index in [2.05, 4.69) is 34.0 Å².